The van der Waals surface area contributed by atoms with Crippen LogP contribution in [0.4, 0.5) is 0 Å². The van der Waals surface area contributed by atoms with E-state index in [0.717, 1.165) is 19.6 Å². The number of rotatable bonds is 6. The molecule has 0 spiro atoms. The van der Waals surface area contributed by atoms with E-state index >= 15 is 0 Å². The summed E-state index contributed by atoms with van der Waals surface area (Å²) in [7, 11) is 5.72. The Balaban J connectivity index is 0.000000518. The molecule has 0 heterocycles. The summed E-state index contributed by atoms with van der Waals surface area (Å²) < 4.78 is 1.54. The van der Waals surface area contributed by atoms with Crippen molar-refractivity contribution in [3.63, 3.8) is 0 Å². The first-order valence-electron chi connectivity index (χ1n) is 11.0. The van der Waals surface area contributed by atoms with E-state index in [1.54, 1.807) is 0 Å². The van der Waals surface area contributed by atoms with E-state index in [2.05, 4.69) is 36.4 Å². The zero-order chi connectivity index (χ0) is 26.9. The molecule has 0 saturated heterocycles. The number of hydrogen-bond acceptors (Lipinski definition) is 6. The molecule has 0 aromatic heterocycles. The summed E-state index contributed by atoms with van der Waals surface area (Å²) in [6.45, 7) is 2.38. The third kappa shape index (κ3) is 17.2. The van der Waals surface area contributed by atoms with Crippen LogP contribution in [0.15, 0.2) is 91.0 Å². The number of thiocarbonyl (C=S) groups is 3. The Kier molecular flexibility index (Phi) is 20.2. The van der Waals surface area contributed by atoms with Crippen LogP contribution in [0.3, 0.4) is 0 Å². The van der Waals surface area contributed by atoms with Gasteiger partial charge in [0.25, 0.3) is 0 Å². The van der Waals surface area contributed by atoms with E-state index < -0.39 is 0 Å². The molecule has 192 valence electrons. The molecule has 0 aliphatic heterocycles. The topological polar surface area (TPSA) is 9.72 Å². The van der Waals surface area contributed by atoms with Gasteiger partial charge in [0.15, 0.2) is 0 Å². The maximum atomic E-state index is 4.86. The van der Waals surface area contributed by atoms with Gasteiger partial charge in [0, 0.05) is 40.8 Å². The van der Waals surface area contributed by atoms with Crippen molar-refractivity contribution in [1.29, 1.82) is 0 Å². The molecule has 0 N–H and O–H groups in total. The predicted molar refractivity (Wildman–Crippen MR) is 179 cm³/mol. The van der Waals surface area contributed by atoms with Crippen molar-refractivity contribution in [2.75, 3.05) is 21.1 Å². The zero-order valence-electron chi connectivity index (χ0n) is 21.2. The summed E-state index contributed by atoms with van der Waals surface area (Å²) in [6.07, 6.45) is 0. The van der Waals surface area contributed by atoms with Gasteiger partial charge in [-0.25, -0.2) is 0 Å². The molecule has 0 fully saturated rings. The van der Waals surface area contributed by atoms with Gasteiger partial charge in [-0.3, -0.25) is 0 Å². The predicted octanol–water partition coefficient (Wildman–Crippen LogP) is 5.47. The Morgan fingerprint density at radius 3 is 0.838 bits per heavy atom. The second-order valence-electron chi connectivity index (χ2n) is 7.82. The van der Waals surface area contributed by atoms with Gasteiger partial charge >= 0.3 is 27.3 Å². The largest absolute Gasteiger partial charge is 3.00 e. The van der Waals surface area contributed by atoms with Gasteiger partial charge < -0.3 is 89.2 Å². The van der Waals surface area contributed by atoms with Gasteiger partial charge in [-0.2, -0.15) is 0 Å². The number of hydrogen-bond donors (Lipinski definition) is 0. The molecule has 0 aliphatic rings. The molecule has 3 aromatic rings. The fourth-order valence-corrected chi connectivity index (χ4v) is 3.15. The summed E-state index contributed by atoms with van der Waals surface area (Å²) in [4.78, 5) is 5.62. The molecule has 0 atom stereocenters. The molecular weight excluding hydrogens is 763 g/mol. The molecular formula is C27H30N3S6Tl. The first-order valence-corrected chi connectivity index (χ1v) is 13.4. The fraction of sp³-hybridized carbons (Fsp3) is 0.222. The first-order chi connectivity index (χ1) is 17.1. The van der Waals surface area contributed by atoms with E-state index in [0.29, 0.717) is 13.0 Å². The summed E-state index contributed by atoms with van der Waals surface area (Å²) in [5, 5.41) is 0. The molecule has 0 radical (unpaired) electrons. The van der Waals surface area contributed by atoms with E-state index in [1.807, 2.05) is 90.4 Å². The molecule has 3 aromatic carbocycles. The monoisotopic (exact) mass is 793 g/mol. The summed E-state index contributed by atoms with van der Waals surface area (Å²) in [5.74, 6) is 0. The zero-order valence-corrected chi connectivity index (χ0v) is 30.5. The van der Waals surface area contributed by atoms with Crippen molar-refractivity contribution in [1.82, 2.24) is 14.7 Å². The Hall–Kier alpha value is -1.09. The van der Waals surface area contributed by atoms with Crippen molar-refractivity contribution in [2.24, 2.45) is 0 Å². The van der Waals surface area contributed by atoms with Crippen LogP contribution in [-0.2, 0) is 57.5 Å². The molecule has 0 bridgehead atoms. The first kappa shape index (κ1) is 35.9. The van der Waals surface area contributed by atoms with Gasteiger partial charge in [-0.1, -0.05) is 104 Å². The van der Waals surface area contributed by atoms with Gasteiger partial charge in [-0.05, 0) is 16.7 Å². The second kappa shape index (κ2) is 20.8. The molecule has 0 amide bonds. The maximum Gasteiger partial charge on any atom is 3.00 e. The van der Waals surface area contributed by atoms with E-state index in [-0.39, 0.29) is 27.3 Å². The molecule has 37 heavy (non-hydrogen) atoms. The van der Waals surface area contributed by atoms with E-state index in [4.69, 9.17) is 74.5 Å². The second-order valence-corrected chi connectivity index (χ2v) is 10.9. The van der Waals surface area contributed by atoms with Gasteiger partial charge in [0.2, 0.25) is 0 Å². The summed E-state index contributed by atoms with van der Waals surface area (Å²) in [5.41, 5.74) is 3.69. The molecule has 3 nitrogen and oxygen atoms in total. The van der Waals surface area contributed by atoms with Crippen LogP contribution >= 0.6 is 36.7 Å². The number of benzene rings is 3. The van der Waals surface area contributed by atoms with Crippen molar-refractivity contribution >= 4 is 115 Å². The van der Waals surface area contributed by atoms with Crippen molar-refractivity contribution in [2.45, 2.75) is 19.6 Å². The average Bonchev–Trinajstić information content (AvgIpc) is 2.86. The van der Waals surface area contributed by atoms with E-state index in [1.165, 1.54) is 16.7 Å². The molecule has 0 aliphatic carbocycles. The Bertz CT molecular complexity index is 919. The van der Waals surface area contributed by atoms with Gasteiger partial charge in [0.05, 0.1) is 0 Å². The third-order valence-electron chi connectivity index (χ3n) is 4.72. The van der Waals surface area contributed by atoms with Gasteiger partial charge in [0.1, 0.15) is 0 Å². The maximum absolute atomic E-state index is 4.86. The smallest absolute Gasteiger partial charge is 0.411 e. The van der Waals surface area contributed by atoms with Crippen molar-refractivity contribution in [3.05, 3.63) is 108 Å². The summed E-state index contributed by atoms with van der Waals surface area (Å²) in [6, 6.07) is 30.4. The van der Waals surface area contributed by atoms with Crippen LogP contribution in [0, 0.1) is 0 Å². The van der Waals surface area contributed by atoms with Crippen LogP contribution in [0.2, 0.25) is 0 Å². The normalized spacial score (nSPS) is 9.16. The molecule has 0 saturated carbocycles. The van der Waals surface area contributed by atoms with Crippen LogP contribution in [0.25, 0.3) is 0 Å². The quantitative estimate of drug-likeness (QED) is 0.181. The van der Waals surface area contributed by atoms with Crippen LogP contribution in [-0.4, -0.2) is 76.1 Å². The van der Waals surface area contributed by atoms with E-state index in [9.17, 15) is 0 Å². The minimum Gasteiger partial charge on any atom is -0.411 e. The van der Waals surface area contributed by atoms with Crippen LogP contribution < -0.4 is 0 Å². The summed E-state index contributed by atoms with van der Waals surface area (Å²) >= 11 is 29.1. The standard InChI is InChI=1S/3C9H11NS2.Tl/c3*1-10(9(11)12)7-8-5-3-2-4-6-8;/h3*2-6H,7H2,1H3,(H,11,12);/q;;;+3/p-3. The Labute approximate surface area is 275 Å². The fourth-order valence-electron chi connectivity index (χ4n) is 2.77. The minimum absolute atomic E-state index is 0. The Morgan fingerprint density at radius 2 is 0.676 bits per heavy atom. The molecule has 10 heteroatoms. The van der Waals surface area contributed by atoms with Gasteiger partial charge in [-0.15, -0.1) is 0 Å². The Morgan fingerprint density at radius 1 is 0.486 bits per heavy atom. The van der Waals surface area contributed by atoms with Crippen molar-refractivity contribution < 1.29 is 0 Å². The number of nitrogens with zero attached hydrogens (tertiary/aromatic N) is 3. The minimum atomic E-state index is 0. The average molecular weight is 793 g/mol. The SMILES string of the molecule is CN(Cc1ccccc1)C(=S)[S-].CN(Cc1ccccc1)C(=S)[S-].CN(Cc1ccccc1)C(=S)[S-].[Tl+3]. The van der Waals surface area contributed by atoms with Crippen molar-refractivity contribution in [3.8, 4) is 0 Å². The molecule has 3 rings (SSSR count). The van der Waals surface area contributed by atoms with Crippen LogP contribution in [0.1, 0.15) is 16.7 Å². The third-order valence-corrected chi connectivity index (χ3v) is 6.59. The van der Waals surface area contributed by atoms with Crippen LogP contribution in [0.5, 0.6) is 0 Å². The molecule has 0 unspecified atom stereocenters.